The van der Waals surface area contributed by atoms with Crippen LogP contribution < -0.4 is 10.2 Å². The minimum atomic E-state index is 0.365. The Hall–Kier alpha value is -3.53. The lowest BCUT2D eigenvalue weighted by Gasteiger charge is -2.12. The van der Waals surface area contributed by atoms with Crippen molar-refractivity contribution in [2.24, 2.45) is 0 Å². The van der Waals surface area contributed by atoms with Gasteiger partial charge >= 0.3 is 0 Å². The summed E-state index contributed by atoms with van der Waals surface area (Å²) < 4.78 is 10.8. The number of nitriles is 1. The number of nitrogens with zero attached hydrogens (tertiary/aromatic N) is 3. The third-order valence-corrected chi connectivity index (χ3v) is 3.99. The fraction of sp³-hybridized carbons (Fsp3) is 0.0556. The van der Waals surface area contributed by atoms with Gasteiger partial charge in [-0.3, -0.25) is 5.10 Å². The normalized spacial score (nSPS) is 10.7. The van der Waals surface area contributed by atoms with E-state index in [2.05, 4.69) is 21.3 Å². The number of pyridine rings is 1. The Labute approximate surface area is 144 Å². The predicted octanol–water partition coefficient (Wildman–Crippen LogP) is 2.56. The molecule has 2 radical (unpaired) electrons. The van der Waals surface area contributed by atoms with E-state index >= 15 is 0 Å². The van der Waals surface area contributed by atoms with Gasteiger partial charge in [0.1, 0.15) is 25.4 Å². The molecule has 6 nitrogen and oxygen atoms in total. The van der Waals surface area contributed by atoms with Crippen LogP contribution in [0.5, 0.6) is 5.75 Å². The molecule has 1 aromatic carbocycles. The number of fused-ring (bicyclic) bond motifs is 1. The van der Waals surface area contributed by atoms with Gasteiger partial charge in [0, 0.05) is 5.56 Å². The molecule has 25 heavy (non-hydrogen) atoms. The first-order chi connectivity index (χ1) is 12.2. The summed E-state index contributed by atoms with van der Waals surface area (Å²) in [6, 6.07) is 11.0. The molecule has 0 saturated heterocycles. The van der Waals surface area contributed by atoms with Gasteiger partial charge in [-0.1, -0.05) is 11.5 Å². The quantitative estimate of drug-likeness (QED) is 0.585. The number of ether oxygens (including phenoxy) is 1. The van der Waals surface area contributed by atoms with Gasteiger partial charge in [-0.2, -0.15) is 10.4 Å². The van der Waals surface area contributed by atoms with E-state index in [-0.39, 0.29) is 0 Å². The molecule has 1 N–H and O–H groups in total. The lowest BCUT2D eigenvalue weighted by Crippen LogP contribution is -2.09. The molecular weight excluding hydrogens is 315 g/mol. The first-order valence-corrected chi connectivity index (χ1v) is 7.48. The predicted molar refractivity (Wildman–Crippen MR) is 93.7 cm³/mol. The number of methoxy groups -OCH3 is 1. The third kappa shape index (κ3) is 2.36. The maximum atomic E-state index is 9.84. The Balaban J connectivity index is 2.11. The van der Waals surface area contributed by atoms with Crippen LogP contribution in [0.15, 0.2) is 47.2 Å². The average Bonchev–Trinajstić information content (AvgIpc) is 3.32. The molecule has 0 aliphatic heterocycles. The highest BCUT2D eigenvalue weighted by Crippen LogP contribution is 2.36. The maximum Gasteiger partial charge on any atom is 0.156 e. The van der Waals surface area contributed by atoms with E-state index in [1.165, 1.54) is 0 Å². The van der Waals surface area contributed by atoms with Crippen LogP contribution >= 0.6 is 0 Å². The van der Waals surface area contributed by atoms with Crippen molar-refractivity contribution in [3.05, 3.63) is 48.4 Å². The van der Waals surface area contributed by atoms with Gasteiger partial charge in [-0.25, -0.2) is 4.98 Å². The Morgan fingerprint density at radius 2 is 2.20 bits per heavy atom. The molecule has 0 spiro atoms. The molecule has 3 aromatic heterocycles. The van der Waals surface area contributed by atoms with Gasteiger partial charge < -0.3 is 9.15 Å². The van der Waals surface area contributed by atoms with Crippen molar-refractivity contribution >= 4 is 24.3 Å². The van der Waals surface area contributed by atoms with Crippen LogP contribution in [-0.2, 0) is 0 Å². The number of hydrogen-bond acceptors (Lipinski definition) is 5. The Morgan fingerprint density at radius 1 is 1.32 bits per heavy atom. The number of nitrogens with one attached hydrogen (secondary N) is 1. The Bertz CT molecular complexity index is 1110. The molecule has 0 aliphatic carbocycles. The Kier molecular flexibility index (Phi) is 3.51. The summed E-state index contributed by atoms with van der Waals surface area (Å²) >= 11 is 0. The van der Waals surface area contributed by atoms with Crippen molar-refractivity contribution in [2.75, 3.05) is 7.11 Å². The molecule has 0 amide bonds. The number of furan rings is 1. The van der Waals surface area contributed by atoms with E-state index in [9.17, 15) is 5.26 Å². The summed E-state index contributed by atoms with van der Waals surface area (Å²) in [5.74, 6) is 1.19. The lowest BCUT2D eigenvalue weighted by molar-refractivity contribution is 0.415. The molecule has 118 valence electrons. The van der Waals surface area contributed by atoms with E-state index in [0.717, 1.165) is 0 Å². The van der Waals surface area contributed by atoms with Crippen LogP contribution in [0.1, 0.15) is 5.56 Å². The zero-order chi connectivity index (χ0) is 17.4. The van der Waals surface area contributed by atoms with Crippen molar-refractivity contribution in [1.82, 2.24) is 15.2 Å². The lowest BCUT2D eigenvalue weighted by atomic mass is 9.86. The molecule has 0 saturated carbocycles. The van der Waals surface area contributed by atoms with Crippen LogP contribution in [0, 0.1) is 11.3 Å². The van der Waals surface area contributed by atoms with E-state index in [1.807, 2.05) is 0 Å². The standard InChI is InChI=1S/C18H11BN4O2/c1-24-10-4-5-14(19)11(7-10)17-12(8-20)16(15-3-2-6-25-15)13-9-21-23-18(13)22-17/h2-7,9H,1H3,(H,21,22,23). The fourth-order valence-electron chi connectivity index (χ4n) is 2.82. The van der Waals surface area contributed by atoms with Gasteiger partial charge in [0.25, 0.3) is 0 Å². The van der Waals surface area contributed by atoms with Crippen LogP contribution in [-0.4, -0.2) is 30.1 Å². The van der Waals surface area contributed by atoms with Gasteiger partial charge in [0.15, 0.2) is 5.65 Å². The summed E-state index contributed by atoms with van der Waals surface area (Å²) in [6.07, 6.45) is 3.18. The van der Waals surface area contributed by atoms with Crippen molar-refractivity contribution < 1.29 is 9.15 Å². The second-order valence-electron chi connectivity index (χ2n) is 5.38. The summed E-state index contributed by atoms with van der Waals surface area (Å²) in [5.41, 5.74) is 3.09. The highest BCUT2D eigenvalue weighted by Gasteiger charge is 2.21. The first kappa shape index (κ1) is 15.0. The van der Waals surface area contributed by atoms with E-state index in [1.54, 1.807) is 49.9 Å². The number of benzene rings is 1. The van der Waals surface area contributed by atoms with Crippen LogP contribution in [0.25, 0.3) is 33.6 Å². The van der Waals surface area contributed by atoms with Crippen molar-refractivity contribution in [1.29, 1.82) is 5.26 Å². The van der Waals surface area contributed by atoms with Crippen molar-refractivity contribution in [2.45, 2.75) is 0 Å². The van der Waals surface area contributed by atoms with E-state index in [0.29, 0.717) is 50.4 Å². The van der Waals surface area contributed by atoms with Crippen LogP contribution in [0.3, 0.4) is 0 Å². The number of H-pyrrole nitrogens is 1. The molecule has 4 rings (SSSR count). The topological polar surface area (TPSA) is 87.7 Å². The van der Waals surface area contributed by atoms with Crippen molar-refractivity contribution in [3.63, 3.8) is 0 Å². The fourth-order valence-corrected chi connectivity index (χ4v) is 2.82. The third-order valence-electron chi connectivity index (χ3n) is 3.99. The maximum absolute atomic E-state index is 9.84. The number of aromatic nitrogens is 3. The van der Waals surface area contributed by atoms with Crippen molar-refractivity contribution in [3.8, 4) is 34.4 Å². The summed E-state index contributed by atoms with van der Waals surface area (Å²) in [4.78, 5) is 4.57. The summed E-state index contributed by atoms with van der Waals surface area (Å²) in [5, 5.41) is 17.4. The second-order valence-corrected chi connectivity index (χ2v) is 5.38. The highest BCUT2D eigenvalue weighted by molar-refractivity contribution is 6.36. The largest absolute Gasteiger partial charge is 0.497 e. The summed E-state index contributed by atoms with van der Waals surface area (Å²) in [6.45, 7) is 0. The van der Waals surface area contributed by atoms with E-state index < -0.39 is 0 Å². The number of rotatable bonds is 3. The average molecular weight is 326 g/mol. The molecule has 0 unspecified atom stereocenters. The molecule has 0 atom stereocenters. The molecule has 0 aliphatic rings. The zero-order valence-corrected chi connectivity index (χ0v) is 13.3. The SMILES string of the molecule is [B]c1ccc(OC)cc1-c1nc2[nH]ncc2c(-c2ccco2)c1C#N. The molecule has 0 bridgehead atoms. The van der Waals surface area contributed by atoms with Gasteiger partial charge in [0.2, 0.25) is 0 Å². The van der Waals surface area contributed by atoms with E-state index in [4.69, 9.17) is 17.0 Å². The summed E-state index contributed by atoms with van der Waals surface area (Å²) in [7, 11) is 7.70. The number of hydrogen-bond donors (Lipinski definition) is 1. The first-order valence-electron chi connectivity index (χ1n) is 7.48. The minimum absolute atomic E-state index is 0.365. The smallest absolute Gasteiger partial charge is 0.156 e. The van der Waals surface area contributed by atoms with Crippen LogP contribution in [0.2, 0.25) is 0 Å². The second kappa shape index (κ2) is 5.84. The number of aromatic amines is 1. The van der Waals surface area contributed by atoms with Crippen LogP contribution in [0.4, 0.5) is 0 Å². The monoisotopic (exact) mass is 326 g/mol. The zero-order valence-electron chi connectivity index (χ0n) is 13.3. The Morgan fingerprint density at radius 3 is 2.92 bits per heavy atom. The van der Waals surface area contributed by atoms with Gasteiger partial charge in [-0.15, -0.1) is 0 Å². The minimum Gasteiger partial charge on any atom is -0.497 e. The van der Waals surface area contributed by atoms with Gasteiger partial charge in [-0.05, 0) is 29.8 Å². The molecule has 4 aromatic rings. The highest BCUT2D eigenvalue weighted by atomic mass is 16.5. The molecule has 3 heterocycles. The molecule has 7 heteroatoms. The molecular formula is C18H11BN4O2. The molecule has 0 fully saturated rings. The van der Waals surface area contributed by atoms with Gasteiger partial charge in [0.05, 0.1) is 36.2 Å².